The SMILES string of the molecule is CCNC(=O)CN(CC)C(=O)CN1C(=O)N[C@](C)(c2ccc(C(C)C)cc2)C1=O. The minimum atomic E-state index is -1.23. The average Bonchev–Trinajstić information content (AvgIpc) is 2.90. The van der Waals surface area contributed by atoms with E-state index in [4.69, 9.17) is 0 Å². The molecule has 0 aliphatic carbocycles. The van der Waals surface area contributed by atoms with Crippen LogP contribution in [0.15, 0.2) is 24.3 Å². The van der Waals surface area contributed by atoms with E-state index in [1.165, 1.54) is 4.90 Å². The molecule has 1 aromatic carbocycles. The molecule has 0 aromatic heterocycles. The maximum absolute atomic E-state index is 13.0. The number of likely N-dealkylation sites (N-methyl/N-ethyl adjacent to an activating group) is 2. The standard InChI is InChI=1S/C21H30N4O4/c1-6-22-17(26)12-24(7-2)18(27)13-25-19(28)21(5,23-20(25)29)16-10-8-15(9-11-16)14(3)4/h8-11,14H,6-7,12-13H2,1-5H3,(H,22,26)(H,23,29)/t21-/m1/s1. The third-order valence-corrected chi connectivity index (χ3v) is 5.17. The number of amides is 5. The van der Waals surface area contributed by atoms with Gasteiger partial charge in [-0.05, 0) is 37.8 Å². The molecular weight excluding hydrogens is 372 g/mol. The number of rotatable bonds is 8. The van der Waals surface area contributed by atoms with E-state index in [0.29, 0.717) is 24.6 Å². The molecule has 0 spiro atoms. The number of urea groups is 1. The van der Waals surface area contributed by atoms with Crippen LogP contribution >= 0.6 is 0 Å². The molecule has 1 aliphatic heterocycles. The zero-order chi connectivity index (χ0) is 21.8. The number of nitrogens with one attached hydrogen (secondary N) is 2. The molecule has 5 amide bonds. The number of nitrogens with zero attached hydrogens (tertiary/aromatic N) is 2. The van der Waals surface area contributed by atoms with Gasteiger partial charge >= 0.3 is 6.03 Å². The quantitative estimate of drug-likeness (QED) is 0.645. The first-order chi connectivity index (χ1) is 13.6. The molecule has 29 heavy (non-hydrogen) atoms. The van der Waals surface area contributed by atoms with Gasteiger partial charge in [-0.3, -0.25) is 19.3 Å². The molecule has 1 atom stereocenters. The molecular formula is C21H30N4O4. The van der Waals surface area contributed by atoms with Crippen molar-refractivity contribution in [1.29, 1.82) is 0 Å². The van der Waals surface area contributed by atoms with Crippen molar-refractivity contribution >= 4 is 23.8 Å². The molecule has 0 radical (unpaired) electrons. The van der Waals surface area contributed by atoms with Crippen molar-refractivity contribution < 1.29 is 19.2 Å². The minimum Gasteiger partial charge on any atom is -0.355 e. The Bertz CT molecular complexity index is 790. The van der Waals surface area contributed by atoms with Crippen LogP contribution in [0.5, 0.6) is 0 Å². The summed E-state index contributed by atoms with van der Waals surface area (Å²) in [5.41, 5.74) is 0.554. The molecule has 1 fully saturated rings. The topological polar surface area (TPSA) is 98.8 Å². The van der Waals surface area contributed by atoms with Gasteiger partial charge in [0.25, 0.3) is 5.91 Å². The molecule has 158 valence electrons. The van der Waals surface area contributed by atoms with Crippen molar-refractivity contribution in [2.24, 2.45) is 0 Å². The number of hydrogen-bond donors (Lipinski definition) is 2. The smallest absolute Gasteiger partial charge is 0.325 e. The van der Waals surface area contributed by atoms with Crippen molar-refractivity contribution in [3.05, 3.63) is 35.4 Å². The Morgan fingerprint density at radius 2 is 1.79 bits per heavy atom. The molecule has 1 aromatic rings. The van der Waals surface area contributed by atoms with E-state index in [-0.39, 0.29) is 12.5 Å². The Morgan fingerprint density at radius 3 is 2.31 bits per heavy atom. The van der Waals surface area contributed by atoms with Crippen LogP contribution in [0.25, 0.3) is 0 Å². The Kier molecular flexibility index (Phi) is 7.00. The van der Waals surface area contributed by atoms with E-state index in [2.05, 4.69) is 24.5 Å². The average molecular weight is 402 g/mol. The van der Waals surface area contributed by atoms with Gasteiger partial charge in [-0.1, -0.05) is 38.1 Å². The molecule has 1 heterocycles. The van der Waals surface area contributed by atoms with Gasteiger partial charge in [0.2, 0.25) is 11.8 Å². The van der Waals surface area contributed by atoms with Gasteiger partial charge in [-0.15, -0.1) is 0 Å². The van der Waals surface area contributed by atoms with E-state index in [1.54, 1.807) is 20.8 Å². The van der Waals surface area contributed by atoms with Crippen molar-refractivity contribution in [3.8, 4) is 0 Å². The first kappa shape index (κ1) is 22.4. The van der Waals surface area contributed by atoms with E-state index in [9.17, 15) is 19.2 Å². The molecule has 2 rings (SSSR count). The van der Waals surface area contributed by atoms with E-state index >= 15 is 0 Å². The molecule has 8 heteroatoms. The van der Waals surface area contributed by atoms with E-state index in [1.807, 2.05) is 24.3 Å². The van der Waals surface area contributed by atoms with Crippen LogP contribution in [0.3, 0.4) is 0 Å². The lowest BCUT2D eigenvalue weighted by atomic mass is 9.90. The van der Waals surface area contributed by atoms with Crippen molar-refractivity contribution in [2.75, 3.05) is 26.2 Å². The molecule has 1 saturated heterocycles. The van der Waals surface area contributed by atoms with Crippen LogP contribution < -0.4 is 10.6 Å². The zero-order valence-electron chi connectivity index (χ0n) is 17.7. The van der Waals surface area contributed by atoms with Crippen LogP contribution in [-0.4, -0.2) is 59.7 Å². The third-order valence-electron chi connectivity index (χ3n) is 5.17. The summed E-state index contributed by atoms with van der Waals surface area (Å²) in [6.45, 7) is 9.56. The number of imide groups is 1. The van der Waals surface area contributed by atoms with Gasteiger partial charge < -0.3 is 15.5 Å². The van der Waals surface area contributed by atoms with Gasteiger partial charge in [-0.25, -0.2) is 4.79 Å². The van der Waals surface area contributed by atoms with Gasteiger partial charge in [0.15, 0.2) is 0 Å². The Hall–Kier alpha value is -2.90. The Balaban J connectivity index is 2.15. The summed E-state index contributed by atoms with van der Waals surface area (Å²) >= 11 is 0. The Morgan fingerprint density at radius 1 is 1.17 bits per heavy atom. The summed E-state index contributed by atoms with van der Waals surface area (Å²) in [5, 5.41) is 5.34. The van der Waals surface area contributed by atoms with Crippen molar-refractivity contribution in [3.63, 3.8) is 0 Å². The van der Waals surface area contributed by atoms with Crippen LogP contribution in [0, 0.1) is 0 Å². The fraction of sp³-hybridized carbons (Fsp3) is 0.524. The second-order valence-electron chi connectivity index (χ2n) is 7.58. The largest absolute Gasteiger partial charge is 0.355 e. The van der Waals surface area contributed by atoms with Crippen LogP contribution in [0.4, 0.5) is 4.79 Å². The third kappa shape index (κ3) is 4.75. The predicted molar refractivity (Wildman–Crippen MR) is 109 cm³/mol. The lowest BCUT2D eigenvalue weighted by Crippen LogP contribution is -2.47. The summed E-state index contributed by atoms with van der Waals surface area (Å²) in [7, 11) is 0. The lowest BCUT2D eigenvalue weighted by molar-refractivity contribution is -0.140. The maximum atomic E-state index is 13.0. The number of benzene rings is 1. The predicted octanol–water partition coefficient (Wildman–Crippen LogP) is 1.56. The van der Waals surface area contributed by atoms with Crippen molar-refractivity contribution in [2.45, 2.75) is 46.1 Å². The highest BCUT2D eigenvalue weighted by Gasteiger charge is 2.49. The monoisotopic (exact) mass is 402 g/mol. The fourth-order valence-corrected chi connectivity index (χ4v) is 3.28. The first-order valence-corrected chi connectivity index (χ1v) is 9.93. The second kappa shape index (κ2) is 9.07. The van der Waals surface area contributed by atoms with Crippen LogP contribution in [0.2, 0.25) is 0 Å². The first-order valence-electron chi connectivity index (χ1n) is 9.93. The van der Waals surface area contributed by atoms with Crippen LogP contribution in [0.1, 0.15) is 51.7 Å². The second-order valence-corrected chi connectivity index (χ2v) is 7.58. The highest BCUT2D eigenvalue weighted by atomic mass is 16.2. The van der Waals surface area contributed by atoms with Crippen LogP contribution in [-0.2, 0) is 19.9 Å². The molecule has 1 aliphatic rings. The van der Waals surface area contributed by atoms with Crippen molar-refractivity contribution in [1.82, 2.24) is 20.4 Å². The van der Waals surface area contributed by atoms with E-state index in [0.717, 1.165) is 10.5 Å². The highest BCUT2D eigenvalue weighted by Crippen LogP contribution is 2.30. The summed E-state index contributed by atoms with van der Waals surface area (Å²) < 4.78 is 0. The molecule has 8 nitrogen and oxygen atoms in total. The summed E-state index contributed by atoms with van der Waals surface area (Å²) in [5.74, 6) is -0.872. The highest BCUT2D eigenvalue weighted by molar-refractivity contribution is 6.09. The van der Waals surface area contributed by atoms with Gasteiger partial charge in [-0.2, -0.15) is 0 Å². The Labute approximate surface area is 171 Å². The number of hydrogen-bond acceptors (Lipinski definition) is 4. The fourth-order valence-electron chi connectivity index (χ4n) is 3.28. The molecule has 0 unspecified atom stereocenters. The van der Waals surface area contributed by atoms with Gasteiger partial charge in [0.05, 0.1) is 6.54 Å². The normalized spacial score (nSPS) is 18.8. The van der Waals surface area contributed by atoms with E-state index < -0.39 is 29.9 Å². The molecule has 2 N–H and O–H groups in total. The summed E-state index contributed by atoms with van der Waals surface area (Å²) in [6.07, 6.45) is 0. The van der Waals surface area contributed by atoms with Gasteiger partial charge in [0.1, 0.15) is 12.1 Å². The van der Waals surface area contributed by atoms with Gasteiger partial charge in [0, 0.05) is 13.1 Å². The maximum Gasteiger partial charge on any atom is 0.325 e. The number of carbonyl (C=O) groups is 4. The zero-order valence-corrected chi connectivity index (χ0v) is 17.7. The summed E-state index contributed by atoms with van der Waals surface area (Å²) in [4.78, 5) is 52.1. The molecule has 0 bridgehead atoms. The summed E-state index contributed by atoms with van der Waals surface area (Å²) in [6, 6.07) is 6.90. The lowest BCUT2D eigenvalue weighted by Gasteiger charge is -2.24. The minimum absolute atomic E-state index is 0.110. The number of carbonyl (C=O) groups excluding carboxylic acids is 4. The molecule has 0 saturated carbocycles.